The lowest BCUT2D eigenvalue weighted by atomic mass is 10.1. The Morgan fingerprint density at radius 1 is 1.36 bits per heavy atom. The molecular formula is C9H12FN. The van der Waals surface area contributed by atoms with E-state index < -0.39 is 6.67 Å². The van der Waals surface area contributed by atoms with Gasteiger partial charge in [0, 0.05) is 6.04 Å². The maximum atomic E-state index is 12.0. The van der Waals surface area contributed by atoms with Crippen LogP contribution in [-0.2, 0) is 6.67 Å². The van der Waals surface area contributed by atoms with E-state index in [4.69, 9.17) is 5.73 Å². The van der Waals surface area contributed by atoms with E-state index in [0.29, 0.717) is 5.56 Å². The SMILES string of the molecule is CC(N)c1ccc(CF)cc1. The summed E-state index contributed by atoms with van der Waals surface area (Å²) in [4.78, 5) is 0. The Morgan fingerprint density at radius 2 is 1.91 bits per heavy atom. The molecule has 0 radical (unpaired) electrons. The molecule has 0 heterocycles. The highest BCUT2D eigenvalue weighted by Crippen LogP contribution is 2.10. The van der Waals surface area contributed by atoms with Crippen molar-refractivity contribution in [2.75, 3.05) is 0 Å². The van der Waals surface area contributed by atoms with E-state index in [9.17, 15) is 4.39 Å². The summed E-state index contributed by atoms with van der Waals surface area (Å²) in [6, 6.07) is 7.28. The van der Waals surface area contributed by atoms with Crippen molar-refractivity contribution in [1.82, 2.24) is 0 Å². The zero-order valence-corrected chi connectivity index (χ0v) is 6.55. The second-order valence-corrected chi connectivity index (χ2v) is 2.66. The van der Waals surface area contributed by atoms with E-state index in [2.05, 4.69) is 0 Å². The van der Waals surface area contributed by atoms with Gasteiger partial charge in [0.05, 0.1) is 0 Å². The highest BCUT2D eigenvalue weighted by Gasteiger charge is 1.97. The lowest BCUT2D eigenvalue weighted by Crippen LogP contribution is -2.04. The summed E-state index contributed by atoms with van der Waals surface area (Å²) in [5.74, 6) is 0. The first-order chi connectivity index (χ1) is 5.24. The highest BCUT2D eigenvalue weighted by atomic mass is 19.1. The van der Waals surface area contributed by atoms with Gasteiger partial charge in [-0.3, -0.25) is 0 Å². The molecule has 0 aliphatic rings. The van der Waals surface area contributed by atoms with E-state index in [1.807, 2.05) is 19.1 Å². The van der Waals surface area contributed by atoms with Gasteiger partial charge in [0.1, 0.15) is 6.67 Å². The van der Waals surface area contributed by atoms with Gasteiger partial charge in [0.25, 0.3) is 0 Å². The van der Waals surface area contributed by atoms with E-state index in [1.54, 1.807) is 12.1 Å². The molecule has 0 fully saturated rings. The Kier molecular flexibility index (Phi) is 2.60. The van der Waals surface area contributed by atoms with Gasteiger partial charge in [-0.2, -0.15) is 0 Å². The van der Waals surface area contributed by atoms with Crippen LogP contribution in [0, 0.1) is 0 Å². The third-order valence-electron chi connectivity index (χ3n) is 1.66. The lowest BCUT2D eigenvalue weighted by Gasteiger charge is -2.04. The molecule has 1 aromatic carbocycles. The van der Waals surface area contributed by atoms with Crippen LogP contribution in [0.1, 0.15) is 24.1 Å². The van der Waals surface area contributed by atoms with Gasteiger partial charge >= 0.3 is 0 Å². The number of benzene rings is 1. The molecule has 60 valence electrons. The number of hydrogen-bond acceptors (Lipinski definition) is 1. The van der Waals surface area contributed by atoms with Gasteiger partial charge in [-0.15, -0.1) is 0 Å². The van der Waals surface area contributed by atoms with E-state index in [0.717, 1.165) is 5.56 Å². The molecule has 1 nitrogen and oxygen atoms in total. The summed E-state index contributed by atoms with van der Waals surface area (Å²) in [5, 5.41) is 0. The fraction of sp³-hybridized carbons (Fsp3) is 0.333. The van der Waals surface area contributed by atoms with Gasteiger partial charge in [-0.25, -0.2) is 4.39 Å². The molecule has 0 spiro atoms. The summed E-state index contributed by atoms with van der Waals surface area (Å²) in [6.07, 6.45) is 0. The average molecular weight is 153 g/mol. The predicted molar refractivity (Wildman–Crippen MR) is 43.9 cm³/mol. The molecule has 1 unspecified atom stereocenters. The molecule has 0 aliphatic heterocycles. The number of rotatable bonds is 2. The van der Waals surface area contributed by atoms with Crippen molar-refractivity contribution in [2.24, 2.45) is 5.73 Å². The Bertz CT molecular complexity index is 216. The Labute approximate surface area is 66.0 Å². The summed E-state index contributed by atoms with van der Waals surface area (Å²) in [5.41, 5.74) is 7.36. The van der Waals surface area contributed by atoms with Crippen LogP contribution in [0.2, 0.25) is 0 Å². The molecular weight excluding hydrogens is 141 g/mol. The maximum absolute atomic E-state index is 12.0. The topological polar surface area (TPSA) is 26.0 Å². The minimum absolute atomic E-state index is 0.0312. The third kappa shape index (κ3) is 2.02. The molecule has 0 saturated heterocycles. The average Bonchev–Trinajstić information content (AvgIpc) is 2.05. The van der Waals surface area contributed by atoms with Gasteiger partial charge in [-0.1, -0.05) is 24.3 Å². The molecule has 0 bridgehead atoms. The zero-order chi connectivity index (χ0) is 8.27. The van der Waals surface area contributed by atoms with E-state index in [1.165, 1.54) is 0 Å². The molecule has 11 heavy (non-hydrogen) atoms. The largest absolute Gasteiger partial charge is 0.324 e. The highest BCUT2D eigenvalue weighted by molar-refractivity contribution is 5.23. The summed E-state index contributed by atoms with van der Waals surface area (Å²) in [7, 11) is 0. The van der Waals surface area contributed by atoms with Crippen molar-refractivity contribution >= 4 is 0 Å². The van der Waals surface area contributed by atoms with Crippen LogP contribution >= 0.6 is 0 Å². The van der Waals surface area contributed by atoms with Crippen LogP contribution in [-0.4, -0.2) is 0 Å². The number of nitrogens with two attached hydrogens (primary N) is 1. The van der Waals surface area contributed by atoms with Crippen LogP contribution in [0.25, 0.3) is 0 Å². The van der Waals surface area contributed by atoms with Crippen LogP contribution in [0.15, 0.2) is 24.3 Å². The summed E-state index contributed by atoms with van der Waals surface area (Å²) < 4.78 is 12.0. The quantitative estimate of drug-likeness (QED) is 0.692. The van der Waals surface area contributed by atoms with Crippen molar-refractivity contribution < 1.29 is 4.39 Å². The van der Waals surface area contributed by atoms with Gasteiger partial charge in [0.2, 0.25) is 0 Å². The minimum Gasteiger partial charge on any atom is -0.324 e. The first-order valence-corrected chi connectivity index (χ1v) is 3.64. The number of halogens is 1. The van der Waals surface area contributed by atoms with Gasteiger partial charge < -0.3 is 5.73 Å². The minimum atomic E-state index is -0.404. The Hall–Kier alpha value is -0.890. The van der Waals surface area contributed by atoms with Crippen LogP contribution in [0.4, 0.5) is 4.39 Å². The standard InChI is InChI=1S/C9H12FN/c1-7(11)9-4-2-8(6-10)3-5-9/h2-5,7H,6,11H2,1H3. The van der Waals surface area contributed by atoms with Crippen molar-refractivity contribution in [2.45, 2.75) is 19.6 Å². The second-order valence-electron chi connectivity index (χ2n) is 2.66. The number of hydrogen-bond donors (Lipinski definition) is 1. The molecule has 1 rings (SSSR count). The van der Waals surface area contributed by atoms with Crippen LogP contribution in [0.5, 0.6) is 0 Å². The summed E-state index contributed by atoms with van der Waals surface area (Å²) in [6.45, 7) is 1.50. The first kappa shape index (κ1) is 8.21. The molecule has 0 aromatic heterocycles. The normalized spacial score (nSPS) is 13.0. The molecule has 0 amide bonds. The second kappa shape index (κ2) is 3.49. The fourth-order valence-corrected chi connectivity index (χ4v) is 0.910. The molecule has 2 N–H and O–H groups in total. The van der Waals surface area contributed by atoms with Crippen LogP contribution in [0.3, 0.4) is 0 Å². The summed E-state index contributed by atoms with van der Waals surface area (Å²) >= 11 is 0. The van der Waals surface area contributed by atoms with Gasteiger partial charge in [-0.05, 0) is 18.1 Å². The monoisotopic (exact) mass is 153 g/mol. The smallest absolute Gasteiger partial charge is 0.115 e. The van der Waals surface area contributed by atoms with Crippen LogP contribution < -0.4 is 5.73 Å². The van der Waals surface area contributed by atoms with Crippen molar-refractivity contribution in [1.29, 1.82) is 0 Å². The molecule has 0 saturated carbocycles. The van der Waals surface area contributed by atoms with E-state index in [-0.39, 0.29) is 6.04 Å². The van der Waals surface area contributed by atoms with Gasteiger partial charge in [0.15, 0.2) is 0 Å². The van der Waals surface area contributed by atoms with E-state index >= 15 is 0 Å². The third-order valence-corrected chi connectivity index (χ3v) is 1.66. The first-order valence-electron chi connectivity index (χ1n) is 3.64. The number of alkyl halides is 1. The van der Waals surface area contributed by atoms with Crippen molar-refractivity contribution in [3.8, 4) is 0 Å². The van der Waals surface area contributed by atoms with Crippen molar-refractivity contribution in [3.05, 3.63) is 35.4 Å². The molecule has 1 aromatic rings. The maximum Gasteiger partial charge on any atom is 0.115 e. The lowest BCUT2D eigenvalue weighted by molar-refractivity contribution is 0.485. The Morgan fingerprint density at radius 3 is 2.27 bits per heavy atom. The molecule has 2 heteroatoms. The fourth-order valence-electron chi connectivity index (χ4n) is 0.910. The zero-order valence-electron chi connectivity index (χ0n) is 6.55. The molecule has 1 atom stereocenters. The van der Waals surface area contributed by atoms with Crippen molar-refractivity contribution in [3.63, 3.8) is 0 Å². The predicted octanol–water partition coefficient (Wildman–Crippen LogP) is 2.18. The Balaban J connectivity index is 2.83. The molecule has 0 aliphatic carbocycles.